The molecule has 1 aliphatic rings. The summed E-state index contributed by atoms with van der Waals surface area (Å²) in [5.74, 6) is -4.85. The fraction of sp³-hybridized carbons (Fsp3) is 0.312. The largest absolute Gasteiger partial charge is 0.416 e. The Labute approximate surface area is 291 Å². The Hall–Kier alpha value is -4.92. The maximum atomic E-state index is 14.8. The second-order valence-corrected chi connectivity index (χ2v) is 12.0. The first-order chi connectivity index (χ1) is 24.3. The Balaban J connectivity index is 1.82. The van der Waals surface area contributed by atoms with Crippen LogP contribution in [0.2, 0.25) is 0 Å². The minimum absolute atomic E-state index is 0.0959. The summed E-state index contributed by atoms with van der Waals surface area (Å²) in [7, 11) is 0. The predicted molar refractivity (Wildman–Crippen MR) is 159 cm³/mol. The second kappa shape index (κ2) is 13.4. The van der Waals surface area contributed by atoms with Gasteiger partial charge in [-0.1, -0.05) is 19.1 Å². The van der Waals surface area contributed by atoms with Crippen molar-refractivity contribution in [1.29, 1.82) is 0 Å². The van der Waals surface area contributed by atoms with Gasteiger partial charge in [-0.05, 0) is 65.7 Å². The molecule has 22 heteroatoms. The van der Waals surface area contributed by atoms with Gasteiger partial charge in [0.05, 0.1) is 39.8 Å². The average Bonchev–Trinajstić information content (AvgIpc) is 2.97. The van der Waals surface area contributed by atoms with E-state index >= 15 is 0 Å². The molecule has 0 spiro atoms. The van der Waals surface area contributed by atoms with Crippen molar-refractivity contribution < 1.29 is 79.0 Å². The average molecular weight is 805 g/mol. The Morgan fingerprint density at radius 3 is 1.30 bits per heavy atom. The van der Waals surface area contributed by atoms with Crippen LogP contribution in [0.15, 0.2) is 78.0 Å². The molecule has 0 bridgehead atoms. The number of rotatable bonds is 6. The maximum Gasteiger partial charge on any atom is 0.416 e. The summed E-state index contributed by atoms with van der Waals surface area (Å²) in [6, 6.07) is 1.51. The van der Waals surface area contributed by atoms with Gasteiger partial charge in [-0.3, -0.25) is 0 Å². The molecule has 0 fully saturated rings. The summed E-state index contributed by atoms with van der Waals surface area (Å²) in [6.07, 6.45) is -33.2. The Kier molecular flexibility index (Phi) is 10.4. The molecular weight excluding hydrogens is 782 g/mol. The van der Waals surface area contributed by atoms with Crippen LogP contribution in [0.3, 0.4) is 0 Å². The lowest BCUT2D eigenvalue weighted by Gasteiger charge is -2.38. The zero-order chi connectivity index (χ0) is 41.2. The van der Waals surface area contributed by atoms with Crippen LogP contribution in [0.25, 0.3) is 0 Å². The van der Waals surface area contributed by atoms with Gasteiger partial charge in [0.1, 0.15) is 0 Å². The molecule has 0 saturated heterocycles. The van der Waals surface area contributed by atoms with Crippen LogP contribution in [-0.2, 0) is 17.8 Å². The van der Waals surface area contributed by atoms with Crippen LogP contribution >= 0.6 is 0 Å². The third-order valence-electron chi connectivity index (χ3n) is 8.37. The van der Waals surface area contributed by atoms with Crippen LogP contribution in [-0.4, -0.2) is 24.7 Å². The molecule has 2 atom stereocenters. The topological polar surface area (TPSA) is 76.1 Å². The number of anilines is 5. The highest BCUT2D eigenvalue weighted by Crippen LogP contribution is 2.57. The van der Waals surface area contributed by atoms with E-state index in [0.717, 1.165) is 0 Å². The van der Waals surface area contributed by atoms with Crippen molar-refractivity contribution in [3.63, 3.8) is 0 Å². The molecule has 4 rings (SSSR count). The highest BCUT2D eigenvalue weighted by molar-refractivity contribution is 5.76. The second-order valence-electron chi connectivity index (χ2n) is 12.0. The summed E-state index contributed by atoms with van der Waals surface area (Å²) >= 11 is 0. The van der Waals surface area contributed by atoms with Crippen molar-refractivity contribution in [2.75, 3.05) is 22.1 Å². The van der Waals surface area contributed by atoms with Gasteiger partial charge in [-0.25, -0.2) is 0 Å². The molecule has 6 N–H and O–H groups in total. The van der Waals surface area contributed by atoms with Gasteiger partial charge >= 0.3 is 37.1 Å². The molecule has 0 saturated carbocycles. The number of nitrogens with one attached hydrogen (secondary N) is 2. The monoisotopic (exact) mass is 804 g/mol. The first-order valence-electron chi connectivity index (χ1n) is 14.6. The lowest BCUT2D eigenvalue weighted by Crippen LogP contribution is -2.54. The van der Waals surface area contributed by atoms with E-state index in [9.17, 15) is 79.0 Å². The lowest BCUT2D eigenvalue weighted by molar-refractivity contribution is -0.288. The summed E-state index contributed by atoms with van der Waals surface area (Å²) in [5, 5.41) is 4.07. The highest BCUT2D eigenvalue weighted by atomic mass is 19.4. The van der Waals surface area contributed by atoms with E-state index in [2.05, 4.69) is 5.32 Å². The third-order valence-corrected chi connectivity index (χ3v) is 8.37. The Morgan fingerprint density at radius 2 is 0.944 bits per heavy atom. The summed E-state index contributed by atoms with van der Waals surface area (Å²) < 4.78 is 250. The molecule has 1 aliphatic carbocycles. The molecular formula is C32H22F18N4. The quantitative estimate of drug-likeness (QED) is 0.148. The van der Waals surface area contributed by atoms with Crippen molar-refractivity contribution in [1.82, 2.24) is 0 Å². The molecule has 2 unspecified atom stereocenters. The van der Waals surface area contributed by atoms with Crippen molar-refractivity contribution >= 4 is 28.4 Å². The van der Waals surface area contributed by atoms with E-state index < -0.39 is 116 Å². The number of nitrogen functional groups attached to an aromatic ring is 2. The van der Waals surface area contributed by atoms with Gasteiger partial charge in [0.25, 0.3) is 0 Å². The van der Waals surface area contributed by atoms with Crippen molar-refractivity contribution in [3.05, 3.63) is 100 Å². The van der Waals surface area contributed by atoms with E-state index in [1.165, 1.54) is 0 Å². The van der Waals surface area contributed by atoms with Crippen molar-refractivity contribution in [2.24, 2.45) is 11.8 Å². The number of halogens is 18. The lowest BCUT2D eigenvalue weighted by atomic mass is 9.72. The van der Waals surface area contributed by atoms with Gasteiger partial charge in [-0.2, -0.15) is 79.0 Å². The molecule has 0 radical (unpaired) electrons. The van der Waals surface area contributed by atoms with Crippen molar-refractivity contribution in [2.45, 2.75) is 49.4 Å². The minimum atomic E-state index is -6.32. The van der Waals surface area contributed by atoms with Crippen LogP contribution in [0.5, 0.6) is 0 Å². The first-order valence-corrected chi connectivity index (χ1v) is 14.6. The van der Waals surface area contributed by atoms with Crippen LogP contribution in [0, 0.1) is 11.8 Å². The van der Waals surface area contributed by atoms with E-state index in [1.807, 2.05) is 5.32 Å². The standard InChI is InChI=1S/C32H22F18N4/c1-13-20(29(39,40)41)11-19(12-21(13)30(42,43)44)54-25-5-3-15(10-23(25)52)26(31(45,46)47,32(48,49)50)14-2-4-24(22(51)9-14)53-18-7-16(27(33,34)35)6-17(8-18)28(36,37)38/h2-13,20,53-54H,51-52H2,1H3. The molecule has 3 aromatic carbocycles. The van der Waals surface area contributed by atoms with Gasteiger partial charge in [0.2, 0.25) is 5.41 Å². The van der Waals surface area contributed by atoms with E-state index in [-0.39, 0.29) is 48.5 Å². The third kappa shape index (κ3) is 8.10. The first kappa shape index (κ1) is 41.8. The summed E-state index contributed by atoms with van der Waals surface area (Å²) in [5.41, 5.74) is -7.56. The fourth-order valence-electron chi connectivity index (χ4n) is 5.81. The van der Waals surface area contributed by atoms with Crippen molar-refractivity contribution in [3.8, 4) is 0 Å². The Bertz CT molecular complexity index is 1900. The highest BCUT2D eigenvalue weighted by Gasteiger charge is 2.72. The number of benzene rings is 3. The molecule has 0 amide bonds. The molecule has 0 aromatic heterocycles. The van der Waals surface area contributed by atoms with Gasteiger partial charge in [0, 0.05) is 22.9 Å². The molecule has 4 nitrogen and oxygen atoms in total. The number of alkyl halides is 18. The fourth-order valence-corrected chi connectivity index (χ4v) is 5.81. The zero-order valence-electron chi connectivity index (χ0n) is 26.5. The van der Waals surface area contributed by atoms with Crippen LogP contribution in [0.4, 0.5) is 107 Å². The van der Waals surface area contributed by atoms with Gasteiger partial charge in [-0.15, -0.1) is 0 Å². The maximum absolute atomic E-state index is 14.8. The summed E-state index contributed by atoms with van der Waals surface area (Å²) in [4.78, 5) is 0. The van der Waals surface area contributed by atoms with E-state index in [0.29, 0.717) is 25.1 Å². The number of allylic oxidation sites excluding steroid dienone is 3. The van der Waals surface area contributed by atoms with Crippen LogP contribution in [0.1, 0.15) is 29.2 Å². The van der Waals surface area contributed by atoms with Crippen LogP contribution < -0.4 is 22.1 Å². The van der Waals surface area contributed by atoms with E-state index in [1.54, 1.807) is 0 Å². The molecule has 296 valence electrons. The van der Waals surface area contributed by atoms with Gasteiger partial charge in [0.15, 0.2) is 0 Å². The van der Waals surface area contributed by atoms with E-state index in [4.69, 9.17) is 11.5 Å². The Morgan fingerprint density at radius 1 is 0.519 bits per heavy atom. The molecule has 54 heavy (non-hydrogen) atoms. The smallest absolute Gasteiger partial charge is 0.397 e. The number of hydrogen-bond donors (Lipinski definition) is 4. The minimum Gasteiger partial charge on any atom is -0.397 e. The normalized spacial score (nSPS) is 17.9. The predicted octanol–water partition coefficient (Wildman–Crippen LogP) is 11.7. The number of nitrogens with two attached hydrogens (primary N) is 2. The van der Waals surface area contributed by atoms with Gasteiger partial charge < -0.3 is 22.1 Å². The SMILES string of the molecule is CC1C(C(F)(F)F)=CC(Nc2ccc(C(c3ccc(Nc4cc(C(F)(F)F)cc(C(F)(F)F)c4)c(N)c3)(C(F)(F)F)C(F)(F)F)cc2N)=CC1C(F)(F)F. The number of hydrogen-bond acceptors (Lipinski definition) is 4. The summed E-state index contributed by atoms with van der Waals surface area (Å²) in [6.45, 7) is 0.645. The molecule has 0 aliphatic heterocycles. The molecule has 3 aromatic rings. The zero-order valence-corrected chi connectivity index (χ0v) is 26.5. The molecule has 0 heterocycles.